The van der Waals surface area contributed by atoms with Crippen LogP contribution in [0.15, 0.2) is 59.5 Å². The molecule has 0 radical (unpaired) electrons. The van der Waals surface area contributed by atoms with Crippen molar-refractivity contribution in [1.82, 2.24) is 10.2 Å². The number of hydrogen-bond donors (Lipinski definition) is 1. The first-order valence-corrected chi connectivity index (χ1v) is 9.65. The molecule has 0 saturated carbocycles. The van der Waals surface area contributed by atoms with Gasteiger partial charge in [0.05, 0.1) is 6.04 Å². The number of amides is 2. The monoisotopic (exact) mass is 354 g/mol. The highest BCUT2D eigenvalue weighted by Crippen LogP contribution is 2.16. The van der Waals surface area contributed by atoms with Gasteiger partial charge in [-0.25, -0.2) is 0 Å². The molecule has 1 unspecified atom stereocenters. The predicted molar refractivity (Wildman–Crippen MR) is 101 cm³/mol. The van der Waals surface area contributed by atoms with E-state index in [4.69, 9.17) is 0 Å². The largest absolute Gasteiger partial charge is 0.347 e. The van der Waals surface area contributed by atoms with Crippen LogP contribution >= 0.6 is 11.8 Å². The van der Waals surface area contributed by atoms with E-state index in [1.807, 2.05) is 53.6 Å². The smallest absolute Gasteiger partial charge is 0.251 e. The number of likely N-dealkylation sites (tertiary alicyclic amines) is 1. The Labute approximate surface area is 152 Å². The van der Waals surface area contributed by atoms with Crippen molar-refractivity contribution in [2.75, 3.05) is 19.3 Å². The number of benzene rings is 2. The molecule has 1 saturated heterocycles. The summed E-state index contributed by atoms with van der Waals surface area (Å²) in [5.74, 6) is -0.00526. The molecule has 1 aliphatic heterocycles. The first-order valence-electron chi connectivity index (χ1n) is 8.42. The van der Waals surface area contributed by atoms with E-state index in [1.54, 1.807) is 11.8 Å². The van der Waals surface area contributed by atoms with E-state index in [9.17, 15) is 9.59 Å². The van der Waals surface area contributed by atoms with E-state index in [2.05, 4.69) is 17.4 Å². The molecule has 1 fully saturated rings. The molecule has 1 atom stereocenters. The zero-order chi connectivity index (χ0) is 17.6. The van der Waals surface area contributed by atoms with Crippen molar-refractivity contribution in [1.29, 1.82) is 0 Å². The second kappa shape index (κ2) is 8.21. The van der Waals surface area contributed by atoms with Gasteiger partial charge in [-0.15, -0.1) is 11.8 Å². The quantitative estimate of drug-likeness (QED) is 0.812. The van der Waals surface area contributed by atoms with Gasteiger partial charge >= 0.3 is 0 Å². The van der Waals surface area contributed by atoms with E-state index in [0.29, 0.717) is 25.1 Å². The molecule has 1 heterocycles. The number of thioether (sulfide) groups is 1. The van der Waals surface area contributed by atoms with Crippen LogP contribution in [0.25, 0.3) is 0 Å². The van der Waals surface area contributed by atoms with Gasteiger partial charge in [0, 0.05) is 30.0 Å². The molecule has 1 N–H and O–H groups in total. The summed E-state index contributed by atoms with van der Waals surface area (Å²) in [6.07, 6.45) is 3.22. The Hall–Kier alpha value is -2.27. The molecule has 25 heavy (non-hydrogen) atoms. The maximum absolute atomic E-state index is 12.3. The van der Waals surface area contributed by atoms with E-state index in [0.717, 1.165) is 11.3 Å². The molecule has 0 aromatic heterocycles. The molecule has 2 aromatic carbocycles. The number of hydrogen-bond acceptors (Lipinski definition) is 3. The van der Waals surface area contributed by atoms with Crippen LogP contribution in [0.3, 0.4) is 0 Å². The summed E-state index contributed by atoms with van der Waals surface area (Å²) in [4.78, 5) is 27.5. The minimum atomic E-state index is -0.115. The Morgan fingerprint density at radius 2 is 1.88 bits per heavy atom. The Morgan fingerprint density at radius 1 is 1.16 bits per heavy atom. The fourth-order valence-electron chi connectivity index (χ4n) is 3.00. The van der Waals surface area contributed by atoms with Gasteiger partial charge in [-0.05, 0) is 42.5 Å². The van der Waals surface area contributed by atoms with Gasteiger partial charge in [-0.3, -0.25) is 9.59 Å². The van der Waals surface area contributed by atoms with Crippen molar-refractivity contribution in [3.05, 3.63) is 65.7 Å². The Kier molecular flexibility index (Phi) is 5.76. The van der Waals surface area contributed by atoms with Crippen molar-refractivity contribution in [2.45, 2.75) is 23.8 Å². The summed E-state index contributed by atoms with van der Waals surface area (Å²) < 4.78 is 0. The van der Waals surface area contributed by atoms with Crippen LogP contribution in [-0.4, -0.2) is 42.1 Å². The van der Waals surface area contributed by atoms with Crippen molar-refractivity contribution in [3.63, 3.8) is 0 Å². The minimum absolute atomic E-state index is 0.110. The zero-order valence-corrected chi connectivity index (χ0v) is 15.1. The van der Waals surface area contributed by atoms with Gasteiger partial charge in [-0.1, -0.05) is 30.3 Å². The third kappa shape index (κ3) is 4.63. The molecule has 0 bridgehead atoms. The average molecular weight is 354 g/mol. The maximum atomic E-state index is 12.3. The number of carbonyl (C=O) groups is 2. The SMILES string of the molecule is CSc1ccc(C(=O)NC2CC(=O)N(CCc3ccccc3)C2)cc1. The summed E-state index contributed by atoms with van der Waals surface area (Å²) in [7, 11) is 0. The van der Waals surface area contributed by atoms with Gasteiger partial charge in [-0.2, -0.15) is 0 Å². The normalized spacial score (nSPS) is 16.9. The second-order valence-corrected chi connectivity index (χ2v) is 7.06. The highest BCUT2D eigenvalue weighted by Gasteiger charge is 2.30. The lowest BCUT2D eigenvalue weighted by molar-refractivity contribution is -0.127. The number of carbonyl (C=O) groups excluding carboxylic acids is 2. The maximum Gasteiger partial charge on any atom is 0.251 e. The lowest BCUT2D eigenvalue weighted by atomic mass is 10.1. The Bertz CT molecular complexity index is 731. The minimum Gasteiger partial charge on any atom is -0.347 e. The van der Waals surface area contributed by atoms with Crippen LogP contribution in [0.4, 0.5) is 0 Å². The van der Waals surface area contributed by atoms with Crippen LogP contribution in [0.2, 0.25) is 0 Å². The molecule has 0 aliphatic carbocycles. The van der Waals surface area contributed by atoms with Crippen LogP contribution in [-0.2, 0) is 11.2 Å². The number of rotatable bonds is 6. The van der Waals surface area contributed by atoms with Crippen LogP contribution in [0.5, 0.6) is 0 Å². The average Bonchev–Trinajstić information content (AvgIpc) is 3.00. The van der Waals surface area contributed by atoms with Gasteiger partial charge in [0.25, 0.3) is 5.91 Å². The van der Waals surface area contributed by atoms with E-state index in [-0.39, 0.29) is 17.9 Å². The standard InChI is InChI=1S/C20H22N2O2S/c1-25-18-9-7-16(8-10-18)20(24)21-17-13-19(23)22(14-17)12-11-15-5-3-2-4-6-15/h2-10,17H,11-14H2,1H3,(H,21,24). The number of nitrogens with zero attached hydrogens (tertiary/aromatic N) is 1. The predicted octanol–water partition coefficient (Wildman–Crippen LogP) is 2.98. The molecule has 5 heteroatoms. The highest BCUT2D eigenvalue weighted by molar-refractivity contribution is 7.98. The van der Waals surface area contributed by atoms with Crippen molar-refractivity contribution < 1.29 is 9.59 Å². The topological polar surface area (TPSA) is 49.4 Å². The van der Waals surface area contributed by atoms with E-state index < -0.39 is 0 Å². The van der Waals surface area contributed by atoms with Gasteiger partial charge in [0.15, 0.2) is 0 Å². The summed E-state index contributed by atoms with van der Waals surface area (Å²) in [5.41, 5.74) is 1.85. The molecule has 2 aromatic rings. The molecule has 4 nitrogen and oxygen atoms in total. The molecule has 1 aliphatic rings. The van der Waals surface area contributed by atoms with Crippen molar-refractivity contribution in [3.8, 4) is 0 Å². The molecule has 3 rings (SSSR count). The van der Waals surface area contributed by atoms with Crippen molar-refractivity contribution in [2.24, 2.45) is 0 Å². The third-order valence-electron chi connectivity index (χ3n) is 4.42. The van der Waals surface area contributed by atoms with Gasteiger partial charge in [0.1, 0.15) is 0 Å². The van der Waals surface area contributed by atoms with Gasteiger partial charge in [0.2, 0.25) is 5.91 Å². The number of nitrogens with one attached hydrogen (secondary N) is 1. The van der Waals surface area contributed by atoms with Crippen LogP contribution < -0.4 is 5.32 Å². The molecular formula is C20H22N2O2S. The third-order valence-corrected chi connectivity index (χ3v) is 5.16. The fraction of sp³-hybridized carbons (Fsp3) is 0.300. The zero-order valence-electron chi connectivity index (χ0n) is 14.3. The summed E-state index contributed by atoms with van der Waals surface area (Å²) >= 11 is 1.64. The lowest BCUT2D eigenvalue weighted by Crippen LogP contribution is -2.37. The summed E-state index contributed by atoms with van der Waals surface area (Å²) in [6, 6.07) is 17.5. The molecule has 130 valence electrons. The molecule has 0 spiro atoms. The van der Waals surface area contributed by atoms with Crippen molar-refractivity contribution >= 4 is 23.6 Å². The fourth-order valence-corrected chi connectivity index (χ4v) is 3.41. The highest BCUT2D eigenvalue weighted by atomic mass is 32.2. The summed E-state index contributed by atoms with van der Waals surface area (Å²) in [6.45, 7) is 1.28. The first kappa shape index (κ1) is 17.5. The van der Waals surface area contributed by atoms with Crippen LogP contribution in [0, 0.1) is 0 Å². The summed E-state index contributed by atoms with van der Waals surface area (Å²) in [5, 5.41) is 2.98. The Balaban J connectivity index is 1.52. The Morgan fingerprint density at radius 3 is 2.56 bits per heavy atom. The van der Waals surface area contributed by atoms with Crippen LogP contribution in [0.1, 0.15) is 22.3 Å². The first-order chi connectivity index (χ1) is 12.2. The van der Waals surface area contributed by atoms with Gasteiger partial charge < -0.3 is 10.2 Å². The van der Waals surface area contributed by atoms with E-state index in [1.165, 1.54) is 5.56 Å². The molecule has 2 amide bonds. The lowest BCUT2D eigenvalue weighted by Gasteiger charge is -2.17. The second-order valence-electron chi connectivity index (χ2n) is 6.18. The van der Waals surface area contributed by atoms with E-state index >= 15 is 0 Å². The molecular weight excluding hydrogens is 332 g/mol.